The van der Waals surface area contributed by atoms with Crippen LogP contribution in [0.15, 0.2) is 59.9 Å². The Morgan fingerprint density at radius 2 is 1.89 bits per heavy atom. The van der Waals surface area contributed by atoms with Crippen LogP contribution in [-0.2, 0) is 0 Å². The van der Waals surface area contributed by atoms with Crippen LogP contribution in [0.2, 0.25) is 0 Å². The van der Waals surface area contributed by atoms with Gasteiger partial charge in [0.25, 0.3) is 5.91 Å². The van der Waals surface area contributed by atoms with E-state index in [2.05, 4.69) is 20.6 Å². The lowest BCUT2D eigenvalue weighted by Gasteiger charge is -2.19. The van der Waals surface area contributed by atoms with Crippen molar-refractivity contribution in [2.75, 3.05) is 25.0 Å². The summed E-state index contributed by atoms with van der Waals surface area (Å²) < 4.78 is 0. The van der Waals surface area contributed by atoms with Crippen molar-refractivity contribution in [3.05, 3.63) is 60.4 Å². The first-order valence-corrected chi connectivity index (χ1v) is 9.47. The van der Waals surface area contributed by atoms with Crippen LogP contribution < -0.4 is 10.6 Å². The van der Waals surface area contributed by atoms with Crippen molar-refractivity contribution in [1.29, 1.82) is 5.26 Å². The van der Waals surface area contributed by atoms with Gasteiger partial charge < -0.3 is 10.2 Å². The van der Waals surface area contributed by atoms with Crippen LogP contribution in [0.3, 0.4) is 0 Å². The molecule has 2 heterocycles. The fourth-order valence-corrected chi connectivity index (χ4v) is 4.07. The standard InChI is InChI=1S/C21H22N6O/c22-14-25-21(26-16-6-9-23-10-7-16)24-11-8-17-18-12-27(13-19(17)18)20(28)15-4-2-1-3-5-15/h1-7,9-10,17-19H,8,11-13H2,(H2,23,24,25,26). The third kappa shape index (κ3) is 3.96. The molecule has 0 radical (unpaired) electrons. The molecule has 0 spiro atoms. The summed E-state index contributed by atoms with van der Waals surface area (Å²) >= 11 is 0. The molecule has 1 aromatic carbocycles. The van der Waals surface area contributed by atoms with Gasteiger partial charge in [-0.2, -0.15) is 5.26 Å². The zero-order valence-electron chi connectivity index (χ0n) is 15.5. The lowest BCUT2D eigenvalue weighted by molar-refractivity contribution is 0.0767. The first-order valence-electron chi connectivity index (χ1n) is 9.47. The Labute approximate surface area is 164 Å². The quantitative estimate of drug-likeness (QED) is 0.363. The van der Waals surface area contributed by atoms with Crippen LogP contribution in [0.4, 0.5) is 5.69 Å². The molecule has 2 fully saturated rings. The highest BCUT2D eigenvalue weighted by Crippen LogP contribution is 2.53. The number of aliphatic imine (C=N–C) groups is 1. The lowest BCUT2D eigenvalue weighted by atomic mass is 10.1. The normalized spacial score (nSPS) is 22.9. The number of nitriles is 1. The van der Waals surface area contributed by atoms with Crippen LogP contribution in [-0.4, -0.2) is 41.4 Å². The summed E-state index contributed by atoms with van der Waals surface area (Å²) in [5, 5.41) is 14.6. The van der Waals surface area contributed by atoms with E-state index in [0.717, 1.165) is 30.8 Å². The molecule has 7 heteroatoms. The molecular formula is C21H22N6O. The lowest BCUT2D eigenvalue weighted by Crippen LogP contribution is -2.31. The monoisotopic (exact) mass is 374 g/mol. The van der Waals surface area contributed by atoms with E-state index in [1.807, 2.05) is 53.6 Å². The van der Waals surface area contributed by atoms with E-state index in [1.165, 1.54) is 0 Å². The SMILES string of the molecule is N#CNC(=NCCC1C2CN(C(=O)c3ccccc3)CC12)Nc1ccncc1. The summed E-state index contributed by atoms with van der Waals surface area (Å²) in [6.07, 6.45) is 6.24. The van der Waals surface area contributed by atoms with Gasteiger partial charge in [0.15, 0.2) is 6.19 Å². The van der Waals surface area contributed by atoms with E-state index < -0.39 is 0 Å². The van der Waals surface area contributed by atoms with E-state index >= 15 is 0 Å². The second kappa shape index (κ2) is 8.09. The van der Waals surface area contributed by atoms with Gasteiger partial charge in [0.05, 0.1) is 0 Å². The average molecular weight is 374 g/mol. The van der Waals surface area contributed by atoms with Crippen LogP contribution in [0.1, 0.15) is 16.8 Å². The number of anilines is 1. The minimum Gasteiger partial charge on any atom is -0.338 e. The number of guanidine groups is 1. The minimum absolute atomic E-state index is 0.131. The zero-order valence-corrected chi connectivity index (χ0v) is 15.5. The van der Waals surface area contributed by atoms with Crippen molar-refractivity contribution in [1.82, 2.24) is 15.2 Å². The van der Waals surface area contributed by atoms with Gasteiger partial charge in [-0.3, -0.25) is 20.1 Å². The van der Waals surface area contributed by atoms with Crippen LogP contribution >= 0.6 is 0 Å². The predicted octanol–water partition coefficient (Wildman–Crippen LogP) is 2.33. The first-order chi connectivity index (χ1) is 13.8. The second-order valence-electron chi connectivity index (χ2n) is 7.18. The van der Waals surface area contributed by atoms with Crippen LogP contribution in [0.25, 0.3) is 0 Å². The molecule has 2 unspecified atom stereocenters. The molecule has 1 amide bonds. The van der Waals surface area contributed by atoms with E-state index in [4.69, 9.17) is 5.26 Å². The molecule has 1 aromatic heterocycles. The number of benzene rings is 1. The fraction of sp³-hybridized carbons (Fsp3) is 0.333. The Morgan fingerprint density at radius 3 is 2.57 bits per heavy atom. The first kappa shape index (κ1) is 18.0. The number of nitrogens with zero attached hydrogens (tertiary/aromatic N) is 4. The molecule has 28 heavy (non-hydrogen) atoms. The van der Waals surface area contributed by atoms with Crippen LogP contribution in [0.5, 0.6) is 0 Å². The Morgan fingerprint density at radius 1 is 1.18 bits per heavy atom. The van der Waals surface area contributed by atoms with E-state index in [9.17, 15) is 4.79 Å². The zero-order chi connectivity index (χ0) is 19.3. The van der Waals surface area contributed by atoms with Crippen molar-refractivity contribution in [2.24, 2.45) is 22.7 Å². The molecule has 0 bridgehead atoms. The number of aromatic nitrogens is 1. The molecule has 4 rings (SSSR count). The Hall–Kier alpha value is -3.40. The number of rotatable bonds is 5. The van der Waals surface area contributed by atoms with Crippen molar-refractivity contribution in [2.45, 2.75) is 6.42 Å². The highest BCUT2D eigenvalue weighted by molar-refractivity contribution is 5.95. The number of pyridine rings is 1. The van der Waals surface area contributed by atoms with Gasteiger partial charge in [0.1, 0.15) is 0 Å². The van der Waals surface area contributed by atoms with Gasteiger partial charge in [-0.15, -0.1) is 0 Å². The molecule has 1 saturated carbocycles. The van der Waals surface area contributed by atoms with Crippen molar-refractivity contribution in [3.63, 3.8) is 0 Å². The van der Waals surface area contributed by atoms with Gasteiger partial charge in [-0.05, 0) is 48.4 Å². The Bertz CT molecular complexity index is 880. The van der Waals surface area contributed by atoms with Gasteiger partial charge in [-0.25, -0.2) is 0 Å². The molecule has 2 N–H and O–H groups in total. The number of amides is 1. The predicted molar refractivity (Wildman–Crippen MR) is 106 cm³/mol. The van der Waals surface area contributed by atoms with Gasteiger partial charge in [-0.1, -0.05) is 18.2 Å². The van der Waals surface area contributed by atoms with Crippen LogP contribution in [0, 0.1) is 29.2 Å². The van der Waals surface area contributed by atoms with Gasteiger partial charge in [0, 0.05) is 43.3 Å². The number of piperidine rings is 1. The number of fused-ring (bicyclic) bond motifs is 1. The largest absolute Gasteiger partial charge is 0.338 e. The van der Waals surface area contributed by atoms with Crippen molar-refractivity contribution >= 4 is 17.6 Å². The number of carbonyl (C=O) groups is 1. The smallest absolute Gasteiger partial charge is 0.253 e. The summed E-state index contributed by atoms with van der Waals surface area (Å²) in [5.74, 6) is 2.37. The van der Waals surface area contributed by atoms with Gasteiger partial charge in [0.2, 0.25) is 5.96 Å². The minimum atomic E-state index is 0.131. The molecule has 1 aliphatic carbocycles. The third-order valence-electron chi connectivity index (χ3n) is 5.53. The average Bonchev–Trinajstić information content (AvgIpc) is 3.18. The number of likely N-dealkylation sites (tertiary alicyclic amines) is 1. The summed E-state index contributed by atoms with van der Waals surface area (Å²) in [7, 11) is 0. The molecule has 142 valence electrons. The summed E-state index contributed by atoms with van der Waals surface area (Å²) in [6.45, 7) is 2.32. The number of hydrogen-bond donors (Lipinski definition) is 2. The fourth-order valence-electron chi connectivity index (χ4n) is 4.07. The number of hydrogen-bond acceptors (Lipinski definition) is 4. The highest BCUT2D eigenvalue weighted by atomic mass is 16.2. The van der Waals surface area contributed by atoms with E-state index in [-0.39, 0.29) is 5.91 Å². The molecular weight excluding hydrogens is 352 g/mol. The molecule has 7 nitrogen and oxygen atoms in total. The summed E-state index contributed by atoms with van der Waals surface area (Å²) in [6, 6.07) is 13.1. The molecule has 1 saturated heterocycles. The molecule has 1 aliphatic heterocycles. The maximum absolute atomic E-state index is 12.5. The maximum Gasteiger partial charge on any atom is 0.253 e. The van der Waals surface area contributed by atoms with Gasteiger partial charge >= 0.3 is 0 Å². The highest BCUT2D eigenvalue weighted by Gasteiger charge is 2.55. The van der Waals surface area contributed by atoms with E-state index in [0.29, 0.717) is 30.3 Å². The maximum atomic E-state index is 12.5. The number of carbonyl (C=O) groups excluding carboxylic acids is 1. The summed E-state index contributed by atoms with van der Waals surface area (Å²) in [5.41, 5.74) is 1.59. The van der Waals surface area contributed by atoms with Crippen molar-refractivity contribution < 1.29 is 4.79 Å². The molecule has 2 aliphatic rings. The van der Waals surface area contributed by atoms with E-state index in [1.54, 1.807) is 12.4 Å². The summed E-state index contributed by atoms with van der Waals surface area (Å²) in [4.78, 5) is 22.9. The Kier molecular flexibility index (Phi) is 5.20. The third-order valence-corrected chi connectivity index (χ3v) is 5.53. The topological polar surface area (TPSA) is 93.4 Å². The second-order valence-corrected chi connectivity index (χ2v) is 7.18. The Balaban J connectivity index is 1.25. The number of nitrogens with one attached hydrogen (secondary N) is 2. The molecule has 2 aromatic rings. The van der Waals surface area contributed by atoms with Crippen molar-refractivity contribution in [3.8, 4) is 6.19 Å². The molecule has 2 atom stereocenters.